The zero-order chi connectivity index (χ0) is 12.3. The van der Waals surface area contributed by atoms with Crippen LogP contribution in [0.3, 0.4) is 0 Å². The zero-order valence-corrected chi connectivity index (χ0v) is 11.8. The highest BCUT2D eigenvalue weighted by molar-refractivity contribution is 9.10. The molecule has 0 atom stereocenters. The van der Waals surface area contributed by atoms with Gasteiger partial charge in [0.2, 0.25) is 5.95 Å². The summed E-state index contributed by atoms with van der Waals surface area (Å²) in [6, 6.07) is 8.33. The highest BCUT2D eigenvalue weighted by atomic mass is 79.9. The number of benzene rings is 1. The number of hydrogen-bond donors (Lipinski definition) is 1. The maximum atomic E-state index is 5.57. The molecule has 0 aliphatic heterocycles. The lowest BCUT2D eigenvalue weighted by atomic mass is 10.1. The van der Waals surface area contributed by atoms with Crippen LogP contribution in [0.4, 0.5) is 5.95 Å². The number of anilines is 1. The molecule has 2 aromatic rings. The van der Waals surface area contributed by atoms with Crippen molar-refractivity contribution < 1.29 is 0 Å². The summed E-state index contributed by atoms with van der Waals surface area (Å²) in [4.78, 5) is 8.12. The highest BCUT2D eigenvalue weighted by Gasteiger charge is 2.05. The fourth-order valence-electron chi connectivity index (χ4n) is 1.38. The molecule has 1 aromatic carbocycles. The van der Waals surface area contributed by atoms with Gasteiger partial charge in [-0.25, -0.2) is 9.97 Å². The number of nitrogens with zero attached hydrogens (tertiary/aromatic N) is 2. The van der Waals surface area contributed by atoms with E-state index in [0.29, 0.717) is 5.95 Å². The van der Waals surface area contributed by atoms with Crippen molar-refractivity contribution in [2.24, 2.45) is 0 Å². The van der Waals surface area contributed by atoms with E-state index in [0.717, 1.165) is 15.3 Å². The van der Waals surface area contributed by atoms with Crippen LogP contribution in [0.1, 0.15) is 11.1 Å². The fourth-order valence-corrected chi connectivity index (χ4v) is 2.88. The third kappa shape index (κ3) is 3.20. The van der Waals surface area contributed by atoms with Gasteiger partial charge in [0, 0.05) is 11.9 Å². The minimum atomic E-state index is 0.306. The van der Waals surface area contributed by atoms with Gasteiger partial charge in [-0.2, -0.15) is 0 Å². The highest BCUT2D eigenvalue weighted by Crippen LogP contribution is 2.28. The monoisotopic (exact) mass is 309 g/mol. The Hall–Kier alpha value is -1.07. The second kappa shape index (κ2) is 5.51. The van der Waals surface area contributed by atoms with E-state index in [1.165, 1.54) is 11.1 Å². The summed E-state index contributed by atoms with van der Waals surface area (Å²) in [5, 5.41) is 0.876. The van der Waals surface area contributed by atoms with Crippen LogP contribution in [0.5, 0.6) is 0 Å². The Balaban J connectivity index is 2.12. The maximum absolute atomic E-state index is 5.57. The summed E-state index contributed by atoms with van der Waals surface area (Å²) in [5.41, 5.74) is 8.17. The first-order valence-corrected chi connectivity index (χ1v) is 6.90. The molecule has 2 rings (SSSR count). The minimum Gasteiger partial charge on any atom is -0.368 e. The van der Waals surface area contributed by atoms with Crippen LogP contribution < -0.4 is 5.73 Å². The largest absolute Gasteiger partial charge is 0.368 e. The summed E-state index contributed by atoms with van der Waals surface area (Å²) in [7, 11) is 0. The van der Waals surface area contributed by atoms with E-state index in [-0.39, 0.29) is 0 Å². The summed E-state index contributed by atoms with van der Waals surface area (Å²) in [5.74, 6) is 1.18. The number of rotatable bonds is 3. The van der Waals surface area contributed by atoms with Crippen molar-refractivity contribution >= 4 is 33.6 Å². The van der Waals surface area contributed by atoms with Crippen LogP contribution in [0.2, 0.25) is 0 Å². The second-order valence-electron chi connectivity index (χ2n) is 3.60. The lowest BCUT2D eigenvalue weighted by Crippen LogP contribution is -1.96. The number of aryl methyl sites for hydroxylation is 1. The summed E-state index contributed by atoms with van der Waals surface area (Å²) in [6.45, 7) is 2.11. The van der Waals surface area contributed by atoms with E-state index in [1.807, 2.05) is 12.1 Å². The van der Waals surface area contributed by atoms with Gasteiger partial charge in [-0.1, -0.05) is 24.3 Å². The number of thioether (sulfide) groups is 1. The summed E-state index contributed by atoms with van der Waals surface area (Å²) < 4.78 is 0.880. The van der Waals surface area contributed by atoms with Crippen molar-refractivity contribution in [2.45, 2.75) is 17.7 Å². The molecule has 0 saturated carbocycles. The molecule has 1 aromatic heterocycles. The van der Waals surface area contributed by atoms with Gasteiger partial charge >= 0.3 is 0 Å². The topological polar surface area (TPSA) is 51.8 Å². The van der Waals surface area contributed by atoms with E-state index in [4.69, 9.17) is 5.73 Å². The third-order valence-electron chi connectivity index (χ3n) is 2.36. The Labute approximate surface area is 113 Å². The Kier molecular flexibility index (Phi) is 4.02. The molecule has 0 bridgehead atoms. The molecule has 0 aliphatic carbocycles. The zero-order valence-electron chi connectivity index (χ0n) is 9.35. The van der Waals surface area contributed by atoms with Crippen molar-refractivity contribution in [2.75, 3.05) is 5.73 Å². The van der Waals surface area contributed by atoms with Crippen LogP contribution in [-0.2, 0) is 5.75 Å². The quantitative estimate of drug-likeness (QED) is 0.697. The number of halogens is 1. The van der Waals surface area contributed by atoms with E-state index >= 15 is 0 Å². The molecule has 0 unspecified atom stereocenters. The van der Waals surface area contributed by atoms with Crippen LogP contribution in [0.15, 0.2) is 40.0 Å². The van der Waals surface area contributed by atoms with Crippen molar-refractivity contribution in [1.82, 2.24) is 9.97 Å². The van der Waals surface area contributed by atoms with Gasteiger partial charge in [-0.3, -0.25) is 0 Å². The first kappa shape index (κ1) is 12.4. The molecular formula is C12H12BrN3S. The maximum Gasteiger partial charge on any atom is 0.221 e. The third-order valence-corrected chi connectivity index (χ3v) is 4.24. The predicted octanol–water partition coefficient (Wildman–Crippen LogP) is 3.42. The Morgan fingerprint density at radius 3 is 2.88 bits per heavy atom. The van der Waals surface area contributed by atoms with Gasteiger partial charge in [0.15, 0.2) is 0 Å². The lowest BCUT2D eigenvalue weighted by Gasteiger charge is -2.06. The van der Waals surface area contributed by atoms with E-state index in [2.05, 4.69) is 45.0 Å². The molecule has 1 heterocycles. The van der Waals surface area contributed by atoms with Crippen molar-refractivity contribution in [3.63, 3.8) is 0 Å². The van der Waals surface area contributed by atoms with Gasteiger partial charge in [0.05, 0.1) is 4.47 Å². The molecule has 0 saturated heterocycles. The number of nitrogens with two attached hydrogens (primary N) is 1. The first-order chi connectivity index (χ1) is 8.16. The van der Waals surface area contributed by atoms with Crippen LogP contribution >= 0.6 is 27.7 Å². The van der Waals surface area contributed by atoms with Crippen LogP contribution in [0, 0.1) is 6.92 Å². The first-order valence-electron chi connectivity index (χ1n) is 5.12. The SMILES string of the molecule is Cc1ccccc1CSc1nc(N)ncc1Br. The average molecular weight is 310 g/mol. The standard InChI is InChI=1S/C12H12BrN3S/c1-8-4-2-3-5-9(8)7-17-11-10(13)6-15-12(14)16-11/h2-6H,7H2,1H3,(H2,14,15,16). The van der Waals surface area contributed by atoms with E-state index < -0.39 is 0 Å². The van der Waals surface area contributed by atoms with Gasteiger partial charge in [0.1, 0.15) is 5.03 Å². The molecule has 0 aliphatic rings. The molecule has 0 fully saturated rings. The molecule has 0 radical (unpaired) electrons. The molecule has 0 spiro atoms. The van der Waals surface area contributed by atoms with E-state index in [9.17, 15) is 0 Å². The molecule has 2 N–H and O–H groups in total. The van der Waals surface area contributed by atoms with E-state index in [1.54, 1.807) is 18.0 Å². The van der Waals surface area contributed by atoms with Crippen molar-refractivity contribution in [1.29, 1.82) is 0 Å². The Morgan fingerprint density at radius 1 is 1.35 bits per heavy atom. The summed E-state index contributed by atoms with van der Waals surface area (Å²) in [6.07, 6.45) is 1.68. The van der Waals surface area contributed by atoms with Crippen LogP contribution in [-0.4, -0.2) is 9.97 Å². The molecule has 3 nitrogen and oxygen atoms in total. The Morgan fingerprint density at radius 2 is 2.12 bits per heavy atom. The minimum absolute atomic E-state index is 0.306. The van der Waals surface area contributed by atoms with Gasteiger partial charge in [-0.05, 0) is 34.0 Å². The molecule has 88 valence electrons. The number of aromatic nitrogens is 2. The van der Waals surface area contributed by atoms with Crippen molar-refractivity contribution in [3.8, 4) is 0 Å². The predicted molar refractivity (Wildman–Crippen MR) is 74.9 cm³/mol. The molecule has 5 heteroatoms. The smallest absolute Gasteiger partial charge is 0.221 e. The van der Waals surface area contributed by atoms with Crippen LogP contribution in [0.25, 0.3) is 0 Å². The average Bonchev–Trinajstić information content (AvgIpc) is 2.32. The Bertz CT molecular complexity index is 531. The number of nitrogen functional groups attached to an aromatic ring is 1. The molecular weight excluding hydrogens is 298 g/mol. The van der Waals surface area contributed by atoms with Gasteiger partial charge < -0.3 is 5.73 Å². The van der Waals surface area contributed by atoms with Crippen molar-refractivity contribution in [3.05, 3.63) is 46.1 Å². The summed E-state index contributed by atoms with van der Waals surface area (Å²) >= 11 is 5.07. The van der Waals surface area contributed by atoms with Gasteiger partial charge in [0.25, 0.3) is 0 Å². The molecule has 17 heavy (non-hydrogen) atoms. The lowest BCUT2D eigenvalue weighted by molar-refractivity contribution is 1.04. The normalized spacial score (nSPS) is 10.5. The molecule has 0 amide bonds. The second-order valence-corrected chi connectivity index (χ2v) is 5.41. The number of hydrogen-bond acceptors (Lipinski definition) is 4. The fraction of sp³-hybridized carbons (Fsp3) is 0.167. The van der Waals surface area contributed by atoms with Gasteiger partial charge in [-0.15, -0.1) is 11.8 Å².